The molecule has 0 rings (SSSR count). The van der Waals surface area contributed by atoms with Gasteiger partial charge in [0.15, 0.2) is 7.85 Å². The smallest absolute Gasteiger partial charge is 0.400 e. The van der Waals surface area contributed by atoms with Crippen molar-refractivity contribution in [3.63, 3.8) is 0 Å². The first kappa shape index (κ1) is 7.21. The molecule has 2 nitrogen and oxygen atoms in total. The number of hydrogen-bond donors (Lipinski definition) is 1. The summed E-state index contributed by atoms with van der Waals surface area (Å²) < 4.78 is 4.57. The van der Waals surface area contributed by atoms with E-state index in [4.69, 9.17) is 13.6 Å². The Morgan fingerprint density at radius 3 is 2.88 bits per heavy atom. The van der Waals surface area contributed by atoms with Crippen LogP contribution in [-0.4, -0.2) is 15.3 Å². The maximum absolute atomic E-state index is 5.01. The molecule has 2 N–H and O–H groups in total. The summed E-state index contributed by atoms with van der Waals surface area (Å²) in [6.07, 6.45) is 1.34. The second-order valence-corrected chi connectivity index (χ2v) is 1.11. The van der Waals surface area contributed by atoms with Crippen molar-refractivity contribution in [3.8, 4) is 0 Å². The van der Waals surface area contributed by atoms with Gasteiger partial charge in [0.1, 0.15) is 0 Å². The highest BCUT2D eigenvalue weighted by Gasteiger charge is 1.82. The summed E-state index contributed by atoms with van der Waals surface area (Å²) in [4.78, 5) is 0. The van der Waals surface area contributed by atoms with Crippen LogP contribution < -0.4 is 5.73 Å². The minimum absolute atomic E-state index is 0.156. The highest BCUT2D eigenvalue weighted by molar-refractivity contribution is 6.36. The molecule has 0 bridgehead atoms. The van der Waals surface area contributed by atoms with Gasteiger partial charge in [-0.1, -0.05) is 12.6 Å². The topological polar surface area (TPSA) is 35.2 Å². The van der Waals surface area contributed by atoms with E-state index in [1.807, 2.05) is 0 Å². The van der Waals surface area contributed by atoms with Gasteiger partial charge in [-0.15, -0.1) is 0 Å². The Bertz CT molecular complexity index is 102. The molecule has 0 heterocycles. The maximum atomic E-state index is 5.01. The van der Waals surface area contributed by atoms with Gasteiger partial charge in [0, 0.05) is 5.66 Å². The molecule has 0 aromatic rings. The molecule has 8 heavy (non-hydrogen) atoms. The van der Waals surface area contributed by atoms with E-state index in [0.717, 1.165) is 0 Å². The molecular formula is C4H6B2NO. The molecule has 0 aliphatic rings. The van der Waals surface area contributed by atoms with Crippen LogP contribution in [0.4, 0.5) is 0 Å². The van der Waals surface area contributed by atoms with Gasteiger partial charge in [0.2, 0.25) is 0 Å². The van der Waals surface area contributed by atoms with E-state index >= 15 is 0 Å². The van der Waals surface area contributed by atoms with Crippen LogP contribution >= 0.6 is 0 Å². The molecule has 0 aliphatic heterocycles. The number of nitrogens with two attached hydrogens (primary N) is 1. The van der Waals surface area contributed by atoms with Crippen molar-refractivity contribution in [1.29, 1.82) is 0 Å². The fourth-order valence-corrected chi connectivity index (χ4v) is 0.172. The Morgan fingerprint density at radius 2 is 2.50 bits per heavy atom. The quantitative estimate of drug-likeness (QED) is 0.395. The maximum Gasteiger partial charge on any atom is 0.400 e. The molecule has 0 aromatic heterocycles. The summed E-state index contributed by atoms with van der Waals surface area (Å²) >= 11 is 0. The highest BCUT2D eigenvalue weighted by atomic mass is 16.4. The molecule has 0 unspecified atom stereocenters. The Morgan fingerprint density at radius 1 is 1.88 bits per heavy atom. The summed E-state index contributed by atoms with van der Waals surface area (Å²) in [5.74, 6) is 1.51. The summed E-state index contributed by atoms with van der Waals surface area (Å²) in [5, 5.41) is 0. The predicted molar refractivity (Wildman–Crippen MR) is 35.1 cm³/mol. The first-order valence-corrected chi connectivity index (χ1v) is 2.08. The van der Waals surface area contributed by atoms with Gasteiger partial charge in [-0.05, 0) is 6.20 Å². The monoisotopic (exact) mass is 106 g/mol. The molecule has 0 spiro atoms. The largest absolute Gasteiger partial charge is 0.571 e. The van der Waals surface area contributed by atoms with Gasteiger partial charge < -0.3 is 10.4 Å². The normalized spacial score (nSPS) is 9.00. The zero-order chi connectivity index (χ0) is 6.41. The van der Waals surface area contributed by atoms with E-state index in [1.54, 1.807) is 0 Å². The zero-order valence-corrected chi connectivity index (χ0v) is 4.50. The summed E-state index contributed by atoms with van der Waals surface area (Å²) in [6, 6.07) is 0. The molecule has 0 saturated carbocycles. The lowest BCUT2D eigenvalue weighted by Crippen LogP contribution is -1.94. The van der Waals surface area contributed by atoms with Gasteiger partial charge in [-0.25, -0.2) is 0 Å². The van der Waals surface area contributed by atoms with Crippen LogP contribution in [0.3, 0.4) is 0 Å². The zero-order valence-electron chi connectivity index (χ0n) is 4.50. The second kappa shape index (κ2) is 4.37. The van der Waals surface area contributed by atoms with E-state index in [0.29, 0.717) is 0 Å². The van der Waals surface area contributed by atoms with Crippen LogP contribution in [0.1, 0.15) is 0 Å². The van der Waals surface area contributed by atoms with E-state index in [1.165, 1.54) is 19.7 Å². The van der Waals surface area contributed by atoms with Crippen molar-refractivity contribution in [2.24, 2.45) is 5.73 Å². The molecule has 39 valence electrons. The average molecular weight is 106 g/mol. The van der Waals surface area contributed by atoms with Crippen LogP contribution in [0.15, 0.2) is 24.4 Å². The van der Waals surface area contributed by atoms with E-state index in [-0.39, 0.29) is 5.66 Å². The van der Waals surface area contributed by atoms with Gasteiger partial charge in [-0.3, -0.25) is 0 Å². The third-order valence-electron chi connectivity index (χ3n) is 0.409. The minimum Gasteiger partial charge on any atom is -0.571 e. The molecule has 0 fully saturated rings. The van der Waals surface area contributed by atoms with Gasteiger partial charge in [-0.2, -0.15) is 0 Å². The van der Waals surface area contributed by atoms with Crippen LogP contribution in [-0.2, 0) is 4.65 Å². The first-order chi connectivity index (χ1) is 3.77. The fraction of sp³-hybridized carbons (Fsp3) is 0. The molecule has 0 saturated heterocycles. The van der Waals surface area contributed by atoms with Gasteiger partial charge >= 0.3 is 7.48 Å². The van der Waals surface area contributed by atoms with Crippen LogP contribution in [0.5, 0.6) is 0 Å². The Kier molecular flexibility index (Phi) is 3.94. The first-order valence-electron chi connectivity index (χ1n) is 2.08. The Balaban J connectivity index is 3.05. The number of rotatable bonds is 3. The standard InChI is InChI=1S/C4H6B2NO/c1-4(5)8-6-2-3-7/h2-3H,1,7H2/b3-2-. The van der Waals surface area contributed by atoms with Crippen molar-refractivity contribution in [2.75, 3.05) is 0 Å². The summed E-state index contributed by atoms with van der Waals surface area (Å²) in [5.41, 5.74) is 5.11. The SMILES string of the molecule is [B]C(=C)O[B]/C=C\N. The van der Waals surface area contributed by atoms with E-state index in [2.05, 4.69) is 11.2 Å². The van der Waals surface area contributed by atoms with Gasteiger partial charge in [0.25, 0.3) is 0 Å². The van der Waals surface area contributed by atoms with Crippen molar-refractivity contribution >= 4 is 15.3 Å². The third-order valence-corrected chi connectivity index (χ3v) is 0.409. The highest BCUT2D eigenvalue weighted by Crippen LogP contribution is 1.80. The molecule has 3 radical (unpaired) electrons. The minimum atomic E-state index is 0.156. The van der Waals surface area contributed by atoms with Crippen molar-refractivity contribution in [2.45, 2.75) is 0 Å². The summed E-state index contributed by atoms with van der Waals surface area (Å²) in [6.45, 7) is 3.28. The van der Waals surface area contributed by atoms with E-state index < -0.39 is 0 Å². The van der Waals surface area contributed by atoms with Crippen molar-refractivity contribution in [3.05, 3.63) is 24.4 Å². The van der Waals surface area contributed by atoms with Crippen LogP contribution in [0.2, 0.25) is 0 Å². The number of hydrogen-bond acceptors (Lipinski definition) is 2. The molecule has 0 aromatic carbocycles. The van der Waals surface area contributed by atoms with Crippen LogP contribution in [0.25, 0.3) is 0 Å². The van der Waals surface area contributed by atoms with Crippen molar-refractivity contribution < 1.29 is 4.65 Å². The van der Waals surface area contributed by atoms with Crippen molar-refractivity contribution in [1.82, 2.24) is 0 Å². The lowest BCUT2D eigenvalue weighted by atomic mass is 10.00. The third kappa shape index (κ3) is 5.21. The molecule has 0 amide bonds. The molecule has 0 aliphatic carbocycles. The van der Waals surface area contributed by atoms with Gasteiger partial charge in [0.05, 0.1) is 0 Å². The van der Waals surface area contributed by atoms with Crippen LogP contribution in [0, 0.1) is 0 Å². The predicted octanol–water partition coefficient (Wildman–Crippen LogP) is -0.308. The fourth-order valence-electron chi connectivity index (χ4n) is 0.172. The summed E-state index contributed by atoms with van der Waals surface area (Å²) in [7, 11) is 6.36. The molecular weight excluding hydrogens is 99.7 g/mol. The lowest BCUT2D eigenvalue weighted by molar-refractivity contribution is 0.504. The molecule has 4 heteroatoms. The Labute approximate surface area is 51.1 Å². The average Bonchev–Trinajstić information content (AvgIpc) is 1.66. The second-order valence-electron chi connectivity index (χ2n) is 1.11. The van der Waals surface area contributed by atoms with E-state index in [9.17, 15) is 0 Å². The lowest BCUT2D eigenvalue weighted by Gasteiger charge is -1.96. The Hall–Kier alpha value is -0.790. The molecule has 0 atom stereocenters.